The summed E-state index contributed by atoms with van der Waals surface area (Å²) in [7, 11) is 1.68. The van der Waals surface area contributed by atoms with E-state index in [1.807, 2.05) is 6.92 Å². The van der Waals surface area contributed by atoms with Gasteiger partial charge in [0.2, 0.25) is 0 Å². The molecule has 0 aliphatic rings. The Morgan fingerprint density at radius 3 is 2.58 bits per heavy atom. The molecular weight excluding hydrogens is 255 g/mol. The molecule has 0 aliphatic heterocycles. The van der Waals surface area contributed by atoms with Crippen molar-refractivity contribution in [3.8, 4) is 5.75 Å². The minimum Gasteiger partial charge on any atom is -0.489 e. The summed E-state index contributed by atoms with van der Waals surface area (Å²) in [6.45, 7) is 6.07. The highest BCUT2D eigenvalue weighted by atomic mass is 19.4. The number of alkyl halides is 3. The zero-order valence-corrected chi connectivity index (χ0v) is 11.1. The number of ether oxygens (including phenoxy) is 1. The van der Waals surface area contributed by atoms with Crippen LogP contribution >= 0.6 is 0 Å². The Morgan fingerprint density at radius 1 is 1.37 bits per heavy atom. The number of nitrogens with one attached hydrogen (secondary N) is 1. The quantitative estimate of drug-likeness (QED) is 0.797. The van der Waals surface area contributed by atoms with Gasteiger partial charge in [0.05, 0.1) is 5.56 Å². The second-order valence-electron chi connectivity index (χ2n) is 4.25. The Kier molecular flexibility index (Phi) is 5.42. The molecule has 0 spiro atoms. The van der Waals surface area contributed by atoms with Gasteiger partial charge in [-0.15, -0.1) is 0 Å². The molecule has 0 atom stereocenters. The van der Waals surface area contributed by atoms with Gasteiger partial charge in [0.15, 0.2) is 0 Å². The molecule has 0 bridgehead atoms. The van der Waals surface area contributed by atoms with Crippen LogP contribution in [-0.2, 0) is 12.7 Å². The summed E-state index contributed by atoms with van der Waals surface area (Å²) in [6, 6.07) is 4.09. The van der Waals surface area contributed by atoms with Crippen LogP contribution in [0.3, 0.4) is 0 Å². The maximum atomic E-state index is 13.0. The number of benzene rings is 1. The lowest BCUT2D eigenvalue weighted by molar-refractivity contribution is -0.138. The Hall–Kier alpha value is -1.49. The van der Waals surface area contributed by atoms with Crippen LogP contribution in [0.4, 0.5) is 13.2 Å². The van der Waals surface area contributed by atoms with Crippen molar-refractivity contribution in [3.63, 3.8) is 0 Å². The molecule has 106 valence electrons. The minimum absolute atomic E-state index is 0.102. The third kappa shape index (κ3) is 4.59. The van der Waals surface area contributed by atoms with E-state index in [2.05, 4.69) is 11.9 Å². The summed E-state index contributed by atoms with van der Waals surface area (Å²) in [6.07, 6.45) is -3.74. The van der Waals surface area contributed by atoms with E-state index in [9.17, 15) is 13.2 Å². The topological polar surface area (TPSA) is 21.3 Å². The normalized spacial score (nSPS) is 11.4. The van der Waals surface area contributed by atoms with Crippen molar-refractivity contribution in [1.82, 2.24) is 5.32 Å². The molecule has 0 amide bonds. The Bertz CT molecular complexity index is 441. The van der Waals surface area contributed by atoms with Gasteiger partial charge in [-0.1, -0.05) is 19.6 Å². The van der Waals surface area contributed by atoms with Crippen molar-refractivity contribution in [2.45, 2.75) is 26.1 Å². The maximum Gasteiger partial charge on any atom is 0.419 e. The number of rotatable bonds is 6. The fourth-order valence-electron chi connectivity index (χ4n) is 1.52. The molecule has 0 heterocycles. The molecule has 1 aromatic rings. The van der Waals surface area contributed by atoms with Crippen LogP contribution in [0, 0.1) is 0 Å². The van der Waals surface area contributed by atoms with Crippen LogP contribution in [0.1, 0.15) is 24.5 Å². The number of halogens is 3. The lowest BCUT2D eigenvalue weighted by Crippen LogP contribution is -2.12. The molecule has 0 saturated heterocycles. The van der Waals surface area contributed by atoms with Crippen molar-refractivity contribution >= 4 is 0 Å². The van der Waals surface area contributed by atoms with Gasteiger partial charge in [-0.3, -0.25) is 0 Å². The molecule has 0 fully saturated rings. The first kappa shape index (κ1) is 15.6. The second-order valence-corrected chi connectivity index (χ2v) is 4.25. The minimum atomic E-state index is -4.42. The fourth-order valence-corrected chi connectivity index (χ4v) is 1.52. The van der Waals surface area contributed by atoms with E-state index in [-0.39, 0.29) is 12.4 Å². The van der Waals surface area contributed by atoms with E-state index in [0.717, 1.165) is 11.6 Å². The molecule has 1 N–H and O–H groups in total. The van der Waals surface area contributed by atoms with Crippen LogP contribution in [0.5, 0.6) is 5.75 Å². The molecule has 0 aromatic heterocycles. The van der Waals surface area contributed by atoms with Crippen molar-refractivity contribution in [2.75, 3.05) is 13.7 Å². The summed E-state index contributed by atoms with van der Waals surface area (Å²) >= 11 is 0. The highest BCUT2D eigenvalue weighted by Crippen LogP contribution is 2.37. The molecule has 0 unspecified atom stereocenters. The summed E-state index contributed by atoms with van der Waals surface area (Å²) in [5, 5.41) is 2.82. The van der Waals surface area contributed by atoms with Crippen molar-refractivity contribution in [2.24, 2.45) is 0 Å². The van der Waals surface area contributed by atoms with Gasteiger partial charge < -0.3 is 10.1 Å². The van der Waals surface area contributed by atoms with Crippen molar-refractivity contribution < 1.29 is 17.9 Å². The molecule has 5 heteroatoms. The van der Waals surface area contributed by atoms with Gasteiger partial charge >= 0.3 is 6.18 Å². The van der Waals surface area contributed by atoms with E-state index >= 15 is 0 Å². The van der Waals surface area contributed by atoms with Crippen molar-refractivity contribution in [3.05, 3.63) is 41.5 Å². The molecule has 1 aromatic carbocycles. The first-order valence-electron chi connectivity index (χ1n) is 6.02. The van der Waals surface area contributed by atoms with Crippen LogP contribution in [0.2, 0.25) is 0 Å². The highest BCUT2D eigenvalue weighted by molar-refractivity contribution is 5.39. The third-order valence-corrected chi connectivity index (χ3v) is 2.66. The van der Waals surface area contributed by atoms with Crippen LogP contribution < -0.4 is 10.1 Å². The standard InChI is InChI=1S/C14H18F3NO/c1-4-10(2)9-19-13-6-5-11(8-18-3)7-12(13)14(15,16)17/h5-7,18H,2,4,8-9H2,1,3H3. The largest absolute Gasteiger partial charge is 0.489 e. The highest BCUT2D eigenvalue weighted by Gasteiger charge is 2.34. The lowest BCUT2D eigenvalue weighted by atomic mass is 10.1. The Balaban J connectivity index is 2.99. The predicted octanol–water partition coefficient (Wildman–Crippen LogP) is 3.77. The SMILES string of the molecule is C=C(CC)COc1ccc(CNC)cc1C(F)(F)F. The Morgan fingerprint density at radius 2 is 2.05 bits per heavy atom. The van der Waals surface area contributed by atoms with Gasteiger partial charge in [0.25, 0.3) is 0 Å². The predicted molar refractivity (Wildman–Crippen MR) is 69.1 cm³/mol. The second kappa shape index (κ2) is 6.61. The van der Waals surface area contributed by atoms with E-state index in [1.54, 1.807) is 13.1 Å². The van der Waals surface area contributed by atoms with E-state index in [4.69, 9.17) is 4.74 Å². The van der Waals surface area contributed by atoms with E-state index < -0.39 is 11.7 Å². The fraction of sp³-hybridized carbons (Fsp3) is 0.429. The van der Waals surface area contributed by atoms with Crippen LogP contribution in [0.15, 0.2) is 30.4 Å². The summed E-state index contributed by atoms with van der Waals surface area (Å²) < 4.78 is 44.1. The first-order valence-corrected chi connectivity index (χ1v) is 6.02. The first-order chi connectivity index (χ1) is 8.88. The molecular formula is C14H18F3NO. The summed E-state index contributed by atoms with van der Waals surface area (Å²) in [5.41, 5.74) is 0.577. The zero-order chi connectivity index (χ0) is 14.5. The number of hydrogen-bond acceptors (Lipinski definition) is 2. The number of hydrogen-bond donors (Lipinski definition) is 1. The van der Waals surface area contributed by atoms with Crippen LogP contribution in [-0.4, -0.2) is 13.7 Å². The molecule has 0 aliphatic carbocycles. The molecule has 19 heavy (non-hydrogen) atoms. The Labute approximate surface area is 111 Å². The average molecular weight is 273 g/mol. The van der Waals surface area contributed by atoms with E-state index in [1.165, 1.54) is 6.07 Å². The van der Waals surface area contributed by atoms with Crippen molar-refractivity contribution in [1.29, 1.82) is 0 Å². The van der Waals surface area contributed by atoms with Gasteiger partial charge in [-0.25, -0.2) is 0 Å². The molecule has 0 saturated carbocycles. The lowest BCUT2D eigenvalue weighted by Gasteiger charge is -2.15. The van der Waals surface area contributed by atoms with Gasteiger partial charge in [0, 0.05) is 6.54 Å². The van der Waals surface area contributed by atoms with E-state index in [0.29, 0.717) is 18.5 Å². The molecule has 0 radical (unpaired) electrons. The van der Waals surface area contributed by atoms with Crippen LogP contribution in [0.25, 0.3) is 0 Å². The van der Waals surface area contributed by atoms with Gasteiger partial charge in [-0.05, 0) is 36.7 Å². The zero-order valence-electron chi connectivity index (χ0n) is 11.1. The smallest absolute Gasteiger partial charge is 0.419 e. The third-order valence-electron chi connectivity index (χ3n) is 2.66. The van der Waals surface area contributed by atoms with Gasteiger partial charge in [0.1, 0.15) is 12.4 Å². The summed E-state index contributed by atoms with van der Waals surface area (Å²) in [5.74, 6) is -0.151. The monoisotopic (exact) mass is 273 g/mol. The summed E-state index contributed by atoms with van der Waals surface area (Å²) in [4.78, 5) is 0. The average Bonchev–Trinajstić information content (AvgIpc) is 2.36. The van der Waals surface area contributed by atoms with Gasteiger partial charge in [-0.2, -0.15) is 13.2 Å². The molecule has 1 rings (SSSR count). The maximum absolute atomic E-state index is 13.0. The molecule has 2 nitrogen and oxygen atoms in total.